The van der Waals surface area contributed by atoms with Crippen LogP contribution in [0.2, 0.25) is 0 Å². The standard InChI is InChI=1S/C16H27N3O3S.HI/c1-17-15(18-11-5-9-23(20,21)10-11)19-13-12-4-8-22-14(12)16(13)6-2-3-7-16;/h11-14H,2-10H2,1H3,(H2,17,18,19);1H. The van der Waals surface area contributed by atoms with Crippen LogP contribution in [0.5, 0.6) is 0 Å². The largest absolute Gasteiger partial charge is 0.377 e. The molecule has 4 rings (SSSR count). The Kier molecular flexibility index (Phi) is 5.38. The summed E-state index contributed by atoms with van der Waals surface area (Å²) in [6, 6.07) is 0.406. The van der Waals surface area contributed by atoms with E-state index in [1.807, 2.05) is 0 Å². The van der Waals surface area contributed by atoms with Crippen LogP contribution in [-0.2, 0) is 14.6 Å². The summed E-state index contributed by atoms with van der Waals surface area (Å²) in [4.78, 5) is 4.35. The summed E-state index contributed by atoms with van der Waals surface area (Å²) < 4.78 is 29.3. The van der Waals surface area contributed by atoms with E-state index in [0.717, 1.165) is 19.0 Å². The maximum atomic E-state index is 11.6. The third-order valence-corrected chi connectivity index (χ3v) is 8.14. The molecule has 4 fully saturated rings. The molecule has 8 heteroatoms. The smallest absolute Gasteiger partial charge is 0.191 e. The molecule has 2 aliphatic carbocycles. The van der Waals surface area contributed by atoms with Crippen LogP contribution < -0.4 is 10.6 Å². The summed E-state index contributed by atoms with van der Waals surface area (Å²) in [6.07, 6.45) is 7.27. The zero-order valence-corrected chi connectivity index (χ0v) is 17.3. The number of nitrogens with one attached hydrogen (secondary N) is 2. The predicted molar refractivity (Wildman–Crippen MR) is 105 cm³/mol. The van der Waals surface area contributed by atoms with Gasteiger partial charge in [-0.1, -0.05) is 12.8 Å². The Hall–Kier alpha value is -0.0900. The van der Waals surface area contributed by atoms with Crippen LogP contribution in [-0.4, -0.2) is 57.7 Å². The number of hydrogen-bond acceptors (Lipinski definition) is 4. The fraction of sp³-hybridized carbons (Fsp3) is 0.938. The number of ether oxygens (including phenoxy) is 1. The molecule has 0 amide bonds. The molecular formula is C16H28IN3O3S. The van der Waals surface area contributed by atoms with Crippen LogP contribution in [0, 0.1) is 11.3 Å². The number of hydrogen-bond donors (Lipinski definition) is 2. The van der Waals surface area contributed by atoms with Gasteiger partial charge in [0.2, 0.25) is 0 Å². The van der Waals surface area contributed by atoms with E-state index in [-0.39, 0.29) is 46.9 Å². The lowest BCUT2D eigenvalue weighted by molar-refractivity contribution is -0.125. The molecule has 6 nitrogen and oxygen atoms in total. The Morgan fingerprint density at radius 1 is 1.21 bits per heavy atom. The van der Waals surface area contributed by atoms with E-state index in [1.165, 1.54) is 25.7 Å². The molecule has 24 heavy (non-hydrogen) atoms. The number of nitrogens with zero attached hydrogens (tertiary/aromatic N) is 1. The maximum Gasteiger partial charge on any atom is 0.191 e. The van der Waals surface area contributed by atoms with Crippen LogP contribution in [0.4, 0.5) is 0 Å². The molecule has 0 aromatic rings. The second-order valence-electron chi connectivity index (χ2n) is 7.62. The molecule has 0 radical (unpaired) electrons. The average Bonchev–Trinajstić information content (AvgIpc) is 3.21. The molecule has 0 aromatic carbocycles. The van der Waals surface area contributed by atoms with E-state index < -0.39 is 9.84 Å². The number of aliphatic imine (C=N–C) groups is 1. The van der Waals surface area contributed by atoms with Gasteiger partial charge in [-0.15, -0.1) is 24.0 Å². The van der Waals surface area contributed by atoms with Gasteiger partial charge in [0.15, 0.2) is 15.8 Å². The van der Waals surface area contributed by atoms with Crippen molar-refractivity contribution in [3.8, 4) is 0 Å². The lowest BCUT2D eigenvalue weighted by Gasteiger charge is -2.57. The van der Waals surface area contributed by atoms with Gasteiger partial charge in [0.05, 0.1) is 17.6 Å². The van der Waals surface area contributed by atoms with E-state index >= 15 is 0 Å². The minimum atomic E-state index is -2.87. The fourth-order valence-corrected chi connectivity index (χ4v) is 7.00. The van der Waals surface area contributed by atoms with Gasteiger partial charge in [-0.3, -0.25) is 4.99 Å². The normalized spacial score (nSPS) is 39.1. The predicted octanol–water partition coefficient (Wildman–Crippen LogP) is 1.30. The van der Waals surface area contributed by atoms with Crippen molar-refractivity contribution in [3.63, 3.8) is 0 Å². The fourth-order valence-electron chi connectivity index (χ4n) is 5.32. The monoisotopic (exact) mass is 469 g/mol. The second-order valence-corrected chi connectivity index (χ2v) is 9.85. The molecule has 138 valence electrons. The first kappa shape index (κ1) is 18.7. The molecule has 2 saturated carbocycles. The van der Waals surface area contributed by atoms with E-state index in [4.69, 9.17) is 4.74 Å². The first-order valence-electron chi connectivity index (χ1n) is 8.86. The van der Waals surface area contributed by atoms with Gasteiger partial charge in [-0.05, 0) is 25.7 Å². The van der Waals surface area contributed by atoms with Gasteiger partial charge in [0.1, 0.15) is 0 Å². The molecule has 0 aromatic heterocycles. The topological polar surface area (TPSA) is 79.8 Å². The summed E-state index contributed by atoms with van der Waals surface area (Å²) in [5.41, 5.74) is 0.278. The number of sulfone groups is 1. The summed E-state index contributed by atoms with van der Waals surface area (Å²) in [5.74, 6) is 1.85. The quantitative estimate of drug-likeness (QED) is 0.362. The van der Waals surface area contributed by atoms with Gasteiger partial charge in [-0.2, -0.15) is 0 Å². The minimum absolute atomic E-state index is 0. The van der Waals surface area contributed by atoms with Crippen molar-refractivity contribution in [2.24, 2.45) is 16.3 Å². The Morgan fingerprint density at radius 3 is 2.58 bits per heavy atom. The highest BCUT2D eigenvalue weighted by atomic mass is 127. The summed E-state index contributed by atoms with van der Waals surface area (Å²) in [7, 11) is -1.11. The van der Waals surface area contributed by atoms with Gasteiger partial charge < -0.3 is 15.4 Å². The van der Waals surface area contributed by atoms with E-state index in [1.54, 1.807) is 7.05 Å². The van der Waals surface area contributed by atoms with Crippen LogP contribution >= 0.6 is 24.0 Å². The van der Waals surface area contributed by atoms with Crippen LogP contribution in [0.15, 0.2) is 4.99 Å². The summed E-state index contributed by atoms with van der Waals surface area (Å²) in [5, 5.41) is 6.95. The van der Waals surface area contributed by atoms with E-state index in [9.17, 15) is 8.42 Å². The van der Waals surface area contributed by atoms with E-state index in [0.29, 0.717) is 24.5 Å². The number of rotatable bonds is 2. The Balaban J connectivity index is 0.00000169. The van der Waals surface area contributed by atoms with Crippen molar-refractivity contribution in [2.75, 3.05) is 25.2 Å². The Bertz CT molecular complexity index is 604. The Morgan fingerprint density at radius 2 is 1.96 bits per heavy atom. The van der Waals surface area contributed by atoms with Gasteiger partial charge >= 0.3 is 0 Å². The van der Waals surface area contributed by atoms with Crippen molar-refractivity contribution in [2.45, 2.75) is 56.7 Å². The lowest BCUT2D eigenvalue weighted by Crippen LogP contribution is -2.69. The third kappa shape index (κ3) is 3.06. The van der Waals surface area contributed by atoms with Crippen LogP contribution in [0.1, 0.15) is 38.5 Å². The SMILES string of the molecule is CN=C(NC1CCS(=O)(=O)C1)NC1C2CCOC2C12CCCC2.I. The molecule has 1 spiro atoms. The molecule has 4 aliphatic rings. The first-order valence-corrected chi connectivity index (χ1v) is 10.7. The minimum Gasteiger partial charge on any atom is -0.377 e. The van der Waals surface area contributed by atoms with Crippen molar-refractivity contribution >= 4 is 39.8 Å². The molecule has 4 atom stereocenters. The van der Waals surface area contributed by atoms with Gasteiger partial charge in [0.25, 0.3) is 0 Å². The molecule has 2 saturated heterocycles. The molecule has 2 N–H and O–H groups in total. The van der Waals surface area contributed by atoms with E-state index in [2.05, 4.69) is 15.6 Å². The Labute approximate surface area is 161 Å². The van der Waals surface area contributed by atoms with Gasteiger partial charge in [-0.25, -0.2) is 8.42 Å². The molecule has 0 bridgehead atoms. The number of guanidine groups is 1. The average molecular weight is 469 g/mol. The van der Waals surface area contributed by atoms with Crippen molar-refractivity contribution in [1.82, 2.24) is 10.6 Å². The third-order valence-electron chi connectivity index (χ3n) is 6.38. The molecule has 2 aliphatic heterocycles. The van der Waals surface area contributed by atoms with Crippen molar-refractivity contribution in [1.29, 1.82) is 0 Å². The number of halogens is 1. The molecule has 2 heterocycles. The molecular weight excluding hydrogens is 441 g/mol. The van der Waals surface area contributed by atoms with Gasteiger partial charge in [0, 0.05) is 37.1 Å². The zero-order valence-electron chi connectivity index (χ0n) is 14.2. The summed E-state index contributed by atoms with van der Waals surface area (Å²) in [6.45, 7) is 0.877. The van der Waals surface area contributed by atoms with Crippen molar-refractivity contribution < 1.29 is 13.2 Å². The van der Waals surface area contributed by atoms with Crippen LogP contribution in [0.25, 0.3) is 0 Å². The lowest BCUT2D eigenvalue weighted by atomic mass is 9.54. The second kappa shape index (κ2) is 6.90. The highest BCUT2D eigenvalue weighted by molar-refractivity contribution is 14.0. The number of fused-ring (bicyclic) bond motifs is 2. The van der Waals surface area contributed by atoms with Crippen molar-refractivity contribution in [3.05, 3.63) is 0 Å². The molecule has 4 unspecified atom stereocenters. The highest BCUT2D eigenvalue weighted by Crippen LogP contribution is 2.60. The van der Waals surface area contributed by atoms with Crippen LogP contribution in [0.3, 0.4) is 0 Å². The highest BCUT2D eigenvalue weighted by Gasteiger charge is 2.65. The zero-order chi connectivity index (χ0) is 16.1. The summed E-state index contributed by atoms with van der Waals surface area (Å²) >= 11 is 0. The first-order chi connectivity index (χ1) is 11.0. The maximum absolute atomic E-state index is 11.6.